The Balaban J connectivity index is 0.000000749. The van der Waals surface area contributed by atoms with Crippen LogP contribution < -0.4 is 14.2 Å². The Morgan fingerprint density at radius 1 is 1.00 bits per heavy atom. The van der Waals surface area contributed by atoms with Crippen LogP contribution in [0.1, 0.15) is 43.4 Å². The Hall–Kier alpha value is -2.97. The van der Waals surface area contributed by atoms with Crippen molar-refractivity contribution in [1.82, 2.24) is 0 Å². The van der Waals surface area contributed by atoms with Gasteiger partial charge in [-0.25, -0.2) is 0 Å². The zero-order chi connectivity index (χ0) is 21.8. The summed E-state index contributed by atoms with van der Waals surface area (Å²) in [5, 5.41) is 17.5. The molecule has 2 aromatic carbocycles. The molecule has 2 rings (SSSR count). The molecule has 1 N–H and O–H groups in total. The SMILES string of the molecule is CCCCO.COc1ccc(/C(=C(/C)C#N)c2cc(OC)c(OC)cc2C)cc1. The van der Waals surface area contributed by atoms with Crippen LogP contribution in [0.5, 0.6) is 17.2 Å². The first-order valence-corrected chi connectivity index (χ1v) is 9.56. The summed E-state index contributed by atoms with van der Waals surface area (Å²) in [5.74, 6) is 2.08. The number of hydrogen-bond acceptors (Lipinski definition) is 5. The number of methoxy groups -OCH3 is 3. The lowest BCUT2D eigenvalue weighted by Gasteiger charge is -2.16. The van der Waals surface area contributed by atoms with E-state index >= 15 is 0 Å². The van der Waals surface area contributed by atoms with Crippen molar-refractivity contribution in [3.8, 4) is 23.3 Å². The molecule has 0 radical (unpaired) electrons. The van der Waals surface area contributed by atoms with Crippen molar-refractivity contribution >= 4 is 5.57 Å². The van der Waals surface area contributed by atoms with E-state index < -0.39 is 0 Å². The summed E-state index contributed by atoms with van der Waals surface area (Å²) in [7, 11) is 4.84. The van der Waals surface area contributed by atoms with Gasteiger partial charge in [-0.2, -0.15) is 5.26 Å². The van der Waals surface area contributed by atoms with E-state index in [0.717, 1.165) is 40.9 Å². The fourth-order valence-corrected chi connectivity index (χ4v) is 2.80. The van der Waals surface area contributed by atoms with E-state index in [4.69, 9.17) is 19.3 Å². The predicted molar refractivity (Wildman–Crippen MR) is 117 cm³/mol. The van der Waals surface area contributed by atoms with Crippen LogP contribution in [-0.4, -0.2) is 33.0 Å². The number of benzene rings is 2. The lowest BCUT2D eigenvalue weighted by molar-refractivity contribution is 0.287. The van der Waals surface area contributed by atoms with Crippen LogP contribution in [0.2, 0.25) is 0 Å². The molecule has 29 heavy (non-hydrogen) atoms. The number of rotatable bonds is 7. The highest BCUT2D eigenvalue weighted by Crippen LogP contribution is 2.37. The van der Waals surface area contributed by atoms with Crippen LogP contribution in [0.3, 0.4) is 0 Å². The highest BCUT2D eigenvalue weighted by molar-refractivity contribution is 5.86. The first-order valence-electron chi connectivity index (χ1n) is 9.56. The largest absolute Gasteiger partial charge is 0.497 e. The summed E-state index contributed by atoms with van der Waals surface area (Å²) >= 11 is 0. The van der Waals surface area contributed by atoms with E-state index in [-0.39, 0.29) is 0 Å². The topological polar surface area (TPSA) is 71.7 Å². The zero-order valence-corrected chi connectivity index (χ0v) is 18.2. The van der Waals surface area contributed by atoms with Crippen LogP contribution >= 0.6 is 0 Å². The molecule has 0 aromatic heterocycles. The molecular formula is C24H31NO4. The van der Waals surface area contributed by atoms with Crippen molar-refractivity contribution in [3.05, 3.63) is 58.7 Å². The number of aliphatic hydroxyl groups is 1. The quantitative estimate of drug-likeness (QED) is 0.655. The number of nitriles is 1. The molecule has 0 amide bonds. The van der Waals surface area contributed by atoms with E-state index in [0.29, 0.717) is 23.7 Å². The second kappa shape index (κ2) is 12.5. The lowest BCUT2D eigenvalue weighted by atomic mass is 9.90. The molecule has 0 aliphatic carbocycles. The monoisotopic (exact) mass is 397 g/mol. The highest BCUT2D eigenvalue weighted by Gasteiger charge is 2.16. The molecule has 0 aliphatic rings. The van der Waals surface area contributed by atoms with Gasteiger partial charge in [0.15, 0.2) is 11.5 Å². The van der Waals surface area contributed by atoms with Crippen molar-refractivity contribution in [3.63, 3.8) is 0 Å². The number of hydrogen-bond donors (Lipinski definition) is 1. The number of aryl methyl sites for hydroxylation is 1. The highest BCUT2D eigenvalue weighted by atomic mass is 16.5. The van der Waals surface area contributed by atoms with Crippen molar-refractivity contribution in [1.29, 1.82) is 5.26 Å². The van der Waals surface area contributed by atoms with E-state index in [1.54, 1.807) is 21.3 Å². The molecule has 5 nitrogen and oxygen atoms in total. The molecule has 5 heteroatoms. The van der Waals surface area contributed by atoms with Gasteiger partial charge in [0, 0.05) is 17.8 Å². The summed E-state index contributed by atoms with van der Waals surface area (Å²) in [6, 6.07) is 13.8. The molecule has 0 unspecified atom stereocenters. The second-order valence-electron chi connectivity index (χ2n) is 6.44. The molecule has 0 saturated carbocycles. The van der Waals surface area contributed by atoms with Crippen molar-refractivity contribution in [2.45, 2.75) is 33.6 Å². The molecule has 0 saturated heterocycles. The minimum atomic E-state index is 0.344. The normalized spacial score (nSPS) is 10.8. The fraction of sp³-hybridized carbons (Fsp3) is 0.375. The molecular weight excluding hydrogens is 366 g/mol. The van der Waals surface area contributed by atoms with Gasteiger partial charge in [-0.1, -0.05) is 25.5 Å². The Morgan fingerprint density at radius 3 is 2.00 bits per heavy atom. The fourth-order valence-electron chi connectivity index (χ4n) is 2.80. The molecule has 0 heterocycles. The maximum Gasteiger partial charge on any atom is 0.161 e. The van der Waals surface area contributed by atoms with Crippen LogP contribution in [0.25, 0.3) is 5.57 Å². The minimum Gasteiger partial charge on any atom is -0.497 e. The number of allylic oxidation sites excluding steroid dienone is 1. The van der Waals surface area contributed by atoms with Gasteiger partial charge < -0.3 is 19.3 Å². The van der Waals surface area contributed by atoms with E-state index in [1.807, 2.05) is 50.2 Å². The van der Waals surface area contributed by atoms with E-state index in [9.17, 15) is 5.26 Å². The van der Waals surface area contributed by atoms with E-state index in [1.165, 1.54) is 0 Å². The molecule has 0 fully saturated rings. The summed E-state index contributed by atoms with van der Waals surface area (Å²) < 4.78 is 16.0. The number of ether oxygens (including phenoxy) is 3. The first kappa shape index (κ1) is 24.1. The van der Waals surface area contributed by atoms with Crippen molar-refractivity contribution in [2.24, 2.45) is 0 Å². The maximum absolute atomic E-state index is 9.46. The maximum atomic E-state index is 9.46. The Morgan fingerprint density at radius 2 is 1.59 bits per heavy atom. The molecule has 2 aromatic rings. The molecule has 0 aliphatic heterocycles. The summed E-state index contributed by atoms with van der Waals surface area (Å²) in [6.45, 7) is 6.20. The third-order valence-electron chi connectivity index (χ3n) is 4.43. The van der Waals surface area contributed by atoms with Crippen LogP contribution in [0.15, 0.2) is 42.0 Å². The van der Waals surface area contributed by atoms with Gasteiger partial charge in [-0.3, -0.25) is 0 Å². The lowest BCUT2D eigenvalue weighted by Crippen LogP contribution is -1.98. The van der Waals surface area contributed by atoms with E-state index in [2.05, 4.69) is 13.0 Å². The van der Waals surface area contributed by atoms with Crippen molar-refractivity contribution < 1.29 is 19.3 Å². The Bertz CT molecular complexity index is 846. The predicted octanol–water partition coefficient (Wildman–Crippen LogP) is 5.15. The third kappa shape index (κ3) is 6.55. The van der Waals surface area contributed by atoms with Gasteiger partial charge in [-0.05, 0) is 61.2 Å². The molecule has 0 spiro atoms. The minimum absolute atomic E-state index is 0.344. The number of unbranched alkanes of at least 4 members (excludes halogenated alkanes) is 1. The Kier molecular flexibility index (Phi) is 10.4. The van der Waals surface area contributed by atoms with Gasteiger partial charge in [0.05, 0.1) is 27.4 Å². The zero-order valence-electron chi connectivity index (χ0n) is 18.2. The second-order valence-corrected chi connectivity index (χ2v) is 6.44. The Labute approximate surface area is 174 Å². The van der Waals surface area contributed by atoms with Gasteiger partial charge in [-0.15, -0.1) is 0 Å². The summed E-state index contributed by atoms with van der Waals surface area (Å²) in [5.41, 5.74) is 4.41. The van der Waals surface area contributed by atoms with Crippen LogP contribution in [-0.2, 0) is 0 Å². The molecule has 0 atom stereocenters. The summed E-state index contributed by atoms with van der Waals surface area (Å²) in [4.78, 5) is 0. The average Bonchev–Trinajstić information content (AvgIpc) is 2.75. The van der Waals surface area contributed by atoms with Crippen molar-refractivity contribution in [2.75, 3.05) is 27.9 Å². The van der Waals surface area contributed by atoms with Gasteiger partial charge in [0.25, 0.3) is 0 Å². The standard InChI is InChI=1S/C20H21NO3.C4H10O/c1-13-10-18(23-4)19(24-5)11-17(13)20(14(2)12-21)15-6-8-16(22-3)9-7-15;1-2-3-4-5/h6-11H,1-5H3;5H,2-4H2,1H3/b20-14+;. The molecule has 156 valence electrons. The first-order chi connectivity index (χ1) is 14.0. The van der Waals surface area contributed by atoms with Gasteiger partial charge in [0.1, 0.15) is 5.75 Å². The molecule has 0 bridgehead atoms. The number of aliphatic hydroxyl groups excluding tert-OH is 1. The van der Waals surface area contributed by atoms with Gasteiger partial charge >= 0.3 is 0 Å². The summed E-state index contributed by atoms with van der Waals surface area (Å²) in [6.07, 6.45) is 2.04. The smallest absolute Gasteiger partial charge is 0.161 e. The van der Waals surface area contributed by atoms with Gasteiger partial charge in [0.2, 0.25) is 0 Å². The van der Waals surface area contributed by atoms with Crippen LogP contribution in [0.4, 0.5) is 0 Å². The number of nitrogens with zero attached hydrogens (tertiary/aromatic N) is 1. The average molecular weight is 398 g/mol. The third-order valence-corrected chi connectivity index (χ3v) is 4.43. The van der Waals surface area contributed by atoms with Crippen LogP contribution in [0, 0.1) is 18.3 Å².